The number of carboxylic acid groups (broad SMARTS) is 1. The first-order valence-electron chi connectivity index (χ1n) is 7.12. The van der Waals surface area contributed by atoms with Gasteiger partial charge < -0.3 is 15.5 Å². The Morgan fingerprint density at radius 1 is 1.24 bits per heavy atom. The largest absolute Gasteiger partial charge is 0.477 e. The number of carbonyl (C=O) groups is 2. The maximum absolute atomic E-state index is 12.0. The van der Waals surface area contributed by atoms with E-state index in [1.807, 2.05) is 13.8 Å². The highest BCUT2D eigenvalue weighted by Crippen LogP contribution is 2.18. The number of nitrogens with zero attached hydrogens (tertiary/aromatic N) is 1. The molecule has 0 bridgehead atoms. The van der Waals surface area contributed by atoms with Crippen molar-refractivity contribution < 1.29 is 19.8 Å². The van der Waals surface area contributed by atoms with Crippen molar-refractivity contribution in [1.82, 2.24) is 10.3 Å². The number of aromatic nitrogens is 1. The van der Waals surface area contributed by atoms with Crippen LogP contribution in [0.15, 0.2) is 18.3 Å². The van der Waals surface area contributed by atoms with E-state index in [0.717, 1.165) is 12.8 Å². The van der Waals surface area contributed by atoms with E-state index in [1.54, 1.807) is 0 Å². The summed E-state index contributed by atoms with van der Waals surface area (Å²) in [5.41, 5.74) is -0.733. The van der Waals surface area contributed by atoms with Crippen LogP contribution in [0.1, 0.15) is 60.4 Å². The van der Waals surface area contributed by atoms with Crippen LogP contribution in [0.4, 0.5) is 0 Å². The molecule has 0 atom stereocenters. The van der Waals surface area contributed by atoms with E-state index < -0.39 is 11.6 Å². The van der Waals surface area contributed by atoms with E-state index in [2.05, 4.69) is 10.3 Å². The zero-order valence-electron chi connectivity index (χ0n) is 12.4. The Hall–Kier alpha value is -1.95. The first kappa shape index (κ1) is 17.1. The van der Waals surface area contributed by atoms with Crippen LogP contribution in [-0.4, -0.2) is 39.2 Å². The van der Waals surface area contributed by atoms with E-state index in [0.29, 0.717) is 12.8 Å². The summed E-state index contributed by atoms with van der Waals surface area (Å²) in [5, 5.41) is 21.8. The Morgan fingerprint density at radius 2 is 1.86 bits per heavy atom. The number of carbonyl (C=O) groups excluding carboxylic acids is 1. The van der Waals surface area contributed by atoms with Gasteiger partial charge in [-0.05, 0) is 25.0 Å². The SMILES string of the molecule is CCCC(O)(CCC)CNC(=O)c1ccc(C(=O)O)nc1. The van der Waals surface area contributed by atoms with Gasteiger partial charge in [0, 0.05) is 12.7 Å². The predicted molar refractivity (Wildman–Crippen MR) is 78.3 cm³/mol. The second-order valence-corrected chi connectivity index (χ2v) is 5.14. The maximum Gasteiger partial charge on any atom is 0.354 e. The van der Waals surface area contributed by atoms with Crippen LogP contribution in [0.3, 0.4) is 0 Å². The third kappa shape index (κ3) is 5.15. The highest BCUT2D eigenvalue weighted by Gasteiger charge is 2.25. The lowest BCUT2D eigenvalue weighted by molar-refractivity contribution is 0.0213. The van der Waals surface area contributed by atoms with Crippen LogP contribution >= 0.6 is 0 Å². The van der Waals surface area contributed by atoms with Gasteiger partial charge in [-0.2, -0.15) is 0 Å². The molecule has 1 rings (SSSR count). The Bertz CT molecular complexity index is 479. The smallest absolute Gasteiger partial charge is 0.354 e. The molecule has 0 aliphatic carbocycles. The number of nitrogens with one attached hydrogen (secondary N) is 1. The highest BCUT2D eigenvalue weighted by atomic mass is 16.4. The van der Waals surface area contributed by atoms with Gasteiger partial charge >= 0.3 is 5.97 Å². The molecule has 0 saturated carbocycles. The Balaban J connectivity index is 2.65. The van der Waals surface area contributed by atoms with Crippen molar-refractivity contribution in [2.45, 2.75) is 45.1 Å². The Morgan fingerprint density at radius 3 is 2.29 bits per heavy atom. The number of hydrogen-bond donors (Lipinski definition) is 3. The summed E-state index contributed by atoms with van der Waals surface area (Å²) < 4.78 is 0. The molecule has 0 unspecified atom stereocenters. The lowest BCUT2D eigenvalue weighted by Gasteiger charge is -2.27. The topological polar surface area (TPSA) is 99.5 Å². The fraction of sp³-hybridized carbons (Fsp3) is 0.533. The van der Waals surface area contributed by atoms with Crippen LogP contribution in [0.2, 0.25) is 0 Å². The molecular weight excluding hydrogens is 272 g/mol. The molecule has 1 amide bonds. The molecule has 1 aromatic rings. The fourth-order valence-electron chi connectivity index (χ4n) is 2.23. The molecule has 0 aliphatic heterocycles. The predicted octanol–water partition coefficient (Wildman–Crippen LogP) is 1.84. The standard InChI is InChI=1S/C15H22N2O4/c1-3-7-15(21,8-4-2)10-17-13(18)11-5-6-12(14(19)20)16-9-11/h5-6,9,21H,3-4,7-8,10H2,1-2H3,(H,17,18)(H,19,20). The molecule has 3 N–H and O–H groups in total. The molecule has 0 spiro atoms. The quantitative estimate of drug-likeness (QED) is 0.679. The Labute approximate surface area is 124 Å². The molecule has 116 valence electrons. The summed E-state index contributed by atoms with van der Waals surface area (Å²) in [6.07, 6.45) is 4.13. The summed E-state index contributed by atoms with van der Waals surface area (Å²) in [5.74, 6) is -1.51. The van der Waals surface area contributed by atoms with E-state index in [4.69, 9.17) is 5.11 Å². The molecule has 21 heavy (non-hydrogen) atoms. The molecule has 0 fully saturated rings. The number of amides is 1. The third-order valence-corrected chi connectivity index (χ3v) is 3.25. The lowest BCUT2D eigenvalue weighted by Crippen LogP contribution is -2.42. The van der Waals surface area contributed by atoms with Crippen molar-refractivity contribution in [3.8, 4) is 0 Å². The average Bonchev–Trinajstić information content (AvgIpc) is 2.45. The van der Waals surface area contributed by atoms with E-state index >= 15 is 0 Å². The normalized spacial score (nSPS) is 11.2. The number of aliphatic hydroxyl groups is 1. The van der Waals surface area contributed by atoms with Gasteiger partial charge in [-0.1, -0.05) is 26.7 Å². The molecule has 6 heteroatoms. The molecule has 0 saturated heterocycles. The minimum absolute atomic E-state index is 0.111. The minimum atomic E-state index is -1.14. The monoisotopic (exact) mass is 294 g/mol. The third-order valence-electron chi connectivity index (χ3n) is 3.25. The molecule has 6 nitrogen and oxygen atoms in total. The highest BCUT2D eigenvalue weighted by molar-refractivity contribution is 5.94. The van der Waals surface area contributed by atoms with Crippen molar-refractivity contribution in [3.05, 3.63) is 29.6 Å². The zero-order valence-corrected chi connectivity index (χ0v) is 12.4. The van der Waals surface area contributed by atoms with Crippen LogP contribution in [-0.2, 0) is 0 Å². The summed E-state index contributed by atoms with van der Waals surface area (Å²) in [6, 6.07) is 2.69. The van der Waals surface area contributed by atoms with Crippen LogP contribution in [0.5, 0.6) is 0 Å². The van der Waals surface area contributed by atoms with Gasteiger partial charge in [0.05, 0.1) is 11.2 Å². The zero-order chi connectivity index (χ0) is 15.9. The first-order chi connectivity index (χ1) is 9.91. The molecule has 1 aromatic heterocycles. The molecular formula is C15H22N2O4. The summed E-state index contributed by atoms with van der Waals surface area (Å²) in [6.45, 7) is 4.14. The van der Waals surface area contributed by atoms with Gasteiger partial charge in [-0.3, -0.25) is 4.79 Å². The van der Waals surface area contributed by atoms with Gasteiger partial charge in [-0.25, -0.2) is 9.78 Å². The summed E-state index contributed by atoms with van der Waals surface area (Å²) in [7, 11) is 0. The van der Waals surface area contributed by atoms with Gasteiger partial charge in [0.25, 0.3) is 5.91 Å². The van der Waals surface area contributed by atoms with Crippen molar-refractivity contribution in [2.24, 2.45) is 0 Å². The second-order valence-electron chi connectivity index (χ2n) is 5.14. The van der Waals surface area contributed by atoms with Crippen molar-refractivity contribution in [3.63, 3.8) is 0 Å². The second kappa shape index (κ2) is 7.73. The van der Waals surface area contributed by atoms with Crippen LogP contribution in [0, 0.1) is 0 Å². The van der Waals surface area contributed by atoms with Crippen molar-refractivity contribution in [1.29, 1.82) is 0 Å². The van der Waals surface area contributed by atoms with E-state index in [9.17, 15) is 14.7 Å². The van der Waals surface area contributed by atoms with Gasteiger partial charge in [0.15, 0.2) is 0 Å². The van der Waals surface area contributed by atoms with Crippen LogP contribution in [0.25, 0.3) is 0 Å². The number of carboxylic acids is 1. The van der Waals surface area contributed by atoms with Crippen molar-refractivity contribution in [2.75, 3.05) is 6.54 Å². The van der Waals surface area contributed by atoms with Gasteiger partial charge in [-0.15, -0.1) is 0 Å². The van der Waals surface area contributed by atoms with Gasteiger partial charge in [0.2, 0.25) is 0 Å². The van der Waals surface area contributed by atoms with Crippen LogP contribution < -0.4 is 5.32 Å². The van der Waals surface area contributed by atoms with E-state index in [1.165, 1.54) is 18.3 Å². The number of pyridine rings is 1. The number of hydrogen-bond acceptors (Lipinski definition) is 4. The first-order valence-corrected chi connectivity index (χ1v) is 7.12. The summed E-state index contributed by atoms with van der Waals surface area (Å²) in [4.78, 5) is 26.4. The summed E-state index contributed by atoms with van der Waals surface area (Å²) >= 11 is 0. The average molecular weight is 294 g/mol. The van der Waals surface area contributed by atoms with Crippen molar-refractivity contribution >= 4 is 11.9 Å². The molecule has 0 radical (unpaired) electrons. The Kier molecular flexibility index (Phi) is 6.30. The molecule has 1 heterocycles. The van der Waals surface area contributed by atoms with E-state index in [-0.39, 0.29) is 23.7 Å². The molecule has 0 aliphatic rings. The number of rotatable bonds is 8. The minimum Gasteiger partial charge on any atom is -0.477 e. The lowest BCUT2D eigenvalue weighted by atomic mass is 9.92. The number of aromatic carboxylic acids is 1. The fourth-order valence-corrected chi connectivity index (χ4v) is 2.23. The molecule has 0 aromatic carbocycles. The maximum atomic E-state index is 12.0. The van der Waals surface area contributed by atoms with Gasteiger partial charge in [0.1, 0.15) is 5.69 Å².